The fourth-order valence-electron chi connectivity index (χ4n) is 1.77. The molecule has 0 aliphatic rings. The van der Waals surface area contributed by atoms with E-state index >= 15 is 0 Å². The smallest absolute Gasteiger partial charge is 0.261 e. The summed E-state index contributed by atoms with van der Waals surface area (Å²) < 4.78 is 26.9. The van der Waals surface area contributed by atoms with Gasteiger partial charge in [0, 0.05) is 16.8 Å². The van der Waals surface area contributed by atoms with Gasteiger partial charge in [-0.15, -0.1) is 0 Å². The molecule has 1 N–H and O–H groups in total. The quantitative estimate of drug-likeness (QED) is 0.680. The number of Topliss-reactive ketones (excluding diaryl/α,β-unsaturated/α-hetero) is 1. The first-order chi connectivity index (χ1) is 9.92. The molecule has 0 atom stereocenters. The summed E-state index contributed by atoms with van der Waals surface area (Å²) >= 11 is 0. The molecule has 0 aliphatic heterocycles. The van der Waals surface area contributed by atoms with Gasteiger partial charge in [-0.3, -0.25) is 14.3 Å². The number of rotatable bonds is 5. The number of carbonyl (C=O) groups excluding carboxylic acids is 2. The fourth-order valence-corrected chi connectivity index (χ4v) is 2.87. The number of hydrogen-bond acceptors (Lipinski definition) is 4. The second kappa shape index (κ2) is 5.88. The molecule has 0 radical (unpaired) electrons. The highest BCUT2D eigenvalue weighted by atomic mass is 32.2. The summed E-state index contributed by atoms with van der Waals surface area (Å²) in [5, 5.41) is 0. The highest BCUT2D eigenvalue weighted by Crippen LogP contribution is 2.18. The van der Waals surface area contributed by atoms with Crippen LogP contribution in [0.1, 0.15) is 27.6 Å². The minimum atomic E-state index is -3.81. The Kier molecular flexibility index (Phi) is 4.18. The lowest BCUT2D eigenvalue weighted by atomic mass is 10.2. The summed E-state index contributed by atoms with van der Waals surface area (Å²) in [7, 11) is -3.81. The van der Waals surface area contributed by atoms with Crippen LogP contribution in [0.4, 0.5) is 5.69 Å². The molecule has 0 heterocycles. The number of aldehydes is 1. The number of nitrogens with one attached hydrogen (secondary N) is 1. The SMILES string of the molecule is CC(=O)c1cccc(S(=O)(=O)Nc2cccc(C=O)c2)c1. The fraction of sp³-hybridized carbons (Fsp3) is 0.0667. The van der Waals surface area contributed by atoms with Crippen LogP contribution in [0.3, 0.4) is 0 Å². The van der Waals surface area contributed by atoms with Crippen LogP contribution in [-0.2, 0) is 10.0 Å². The molecule has 108 valence electrons. The van der Waals surface area contributed by atoms with Gasteiger partial charge in [-0.05, 0) is 31.2 Å². The summed E-state index contributed by atoms with van der Waals surface area (Å²) in [4.78, 5) is 22.0. The molecule has 2 rings (SSSR count). The average Bonchev–Trinajstić information content (AvgIpc) is 2.47. The average molecular weight is 303 g/mol. The Morgan fingerprint density at radius 3 is 2.48 bits per heavy atom. The van der Waals surface area contributed by atoms with Crippen molar-refractivity contribution in [2.24, 2.45) is 0 Å². The van der Waals surface area contributed by atoms with Crippen molar-refractivity contribution in [2.75, 3.05) is 4.72 Å². The van der Waals surface area contributed by atoms with E-state index in [2.05, 4.69) is 4.72 Å². The lowest BCUT2D eigenvalue weighted by Crippen LogP contribution is -2.13. The van der Waals surface area contributed by atoms with E-state index in [4.69, 9.17) is 0 Å². The molecule has 0 bridgehead atoms. The van der Waals surface area contributed by atoms with Crippen LogP contribution in [-0.4, -0.2) is 20.5 Å². The maximum absolute atomic E-state index is 12.3. The Morgan fingerprint density at radius 2 is 1.81 bits per heavy atom. The Bertz CT molecular complexity index is 797. The Morgan fingerprint density at radius 1 is 1.10 bits per heavy atom. The van der Waals surface area contributed by atoms with Crippen LogP contribution in [0.2, 0.25) is 0 Å². The van der Waals surface area contributed by atoms with E-state index in [1.165, 1.54) is 31.2 Å². The summed E-state index contributed by atoms with van der Waals surface area (Å²) in [6, 6.07) is 11.9. The molecular weight excluding hydrogens is 290 g/mol. The number of ketones is 1. The van der Waals surface area contributed by atoms with E-state index in [1.54, 1.807) is 24.3 Å². The largest absolute Gasteiger partial charge is 0.298 e. The van der Waals surface area contributed by atoms with Crippen molar-refractivity contribution in [3.05, 3.63) is 59.7 Å². The zero-order valence-electron chi connectivity index (χ0n) is 11.2. The van der Waals surface area contributed by atoms with Crippen molar-refractivity contribution in [3.63, 3.8) is 0 Å². The van der Waals surface area contributed by atoms with E-state index < -0.39 is 10.0 Å². The van der Waals surface area contributed by atoms with Crippen molar-refractivity contribution in [2.45, 2.75) is 11.8 Å². The minimum absolute atomic E-state index is 0.00768. The number of anilines is 1. The second-order valence-electron chi connectivity index (χ2n) is 4.43. The topological polar surface area (TPSA) is 80.3 Å². The molecule has 21 heavy (non-hydrogen) atoms. The van der Waals surface area contributed by atoms with Crippen molar-refractivity contribution in [1.82, 2.24) is 0 Å². The summed E-state index contributed by atoms with van der Waals surface area (Å²) in [5.41, 5.74) is 0.972. The van der Waals surface area contributed by atoms with Gasteiger partial charge in [0.25, 0.3) is 10.0 Å². The minimum Gasteiger partial charge on any atom is -0.298 e. The molecule has 0 saturated heterocycles. The molecule has 5 nitrogen and oxygen atoms in total. The van der Waals surface area contributed by atoms with E-state index in [9.17, 15) is 18.0 Å². The van der Waals surface area contributed by atoms with Crippen molar-refractivity contribution in [3.8, 4) is 0 Å². The van der Waals surface area contributed by atoms with Crippen molar-refractivity contribution in [1.29, 1.82) is 0 Å². The van der Waals surface area contributed by atoms with E-state index in [0.717, 1.165) is 0 Å². The highest BCUT2D eigenvalue weighted by Gasteiger charge is 2.15. The first-order valence-corrected chi connectivity index (χ1v) is 7.60. The van der Waals surface area contributed by atoms with Gasteiger partial charge < -0.3 is 0 Å². The van der Waals surface area contributed by atoms with Gasteiger partial charge in [0.15, 0.2) is 5.78 Å². The van der Waals surface area contributed by atoms with Gasteiger partial charge >= 0.3 is 0 Å². The van der Waals surface area contributed by atoms with Gasteiger partial charge in [0.1, 0.15) is 6.29 Å². The van der Waals surface area contributed by atoms with Crippen LogP contribution < -0.4 is 4.72 Å². The molecular formula is C15H13NO4S. The second-order valence-corrected chi connectivity index (χ2v) is 6.12. The lowest BCUT2D eigenvalue weighted by molar-refractivity contribution is 0.101. The predicted octanol–water partition coefficient (Wildman–Crippen LogP) is 2.50. The van der Waals surface area contributed by atoms with Gasteiger partial charge in [-0.1, -0.05) is 24.3 Å². The summed E-state index contributed by atoms with van der Waals surface area (Å²) in [5.74, 6) is -0.213. The monoisotopic (exact) mass is 303 g/mol. The summed E-state index contributed by atoms with van der Waals surface area (Å²) in [6.07, 6.45) is 0.633. The van der Waals surface area contributed by atoms with Crippen LogP contribution in [0.15, 0.2) is 53.4 Å². The van der Waals surface area contributed by atoms with Crippen molar-refractivity contribution < 1.29 is 18.0 Å². The molecule has 0 saturated carbocycles. The zero-order valence-corrected chi connectivity index (χ0v) is 12.1. The van der Waals surface area contributed by atoms with Crippen LogP contribution in [0.5, 0.6) is 0 Å². The molecule has 0 fully saturated rings. The summed E-state index contributed by atoms with van der Waals surface area (Å²) in [6.45, 7) is 1.37. The maximum Gasteiger partial charge on any atom is 0.261 e. The molecule has 0 unspecified atom stereocenters. The Balaban J connectivity index is 2.35. The van der Waals surface area contributed by atoms with Crippen LogP contribution in [0, 0.1) is 0 Å². The number of sulfonamides is 1. The first-order valence-electron chi connectivity index (χ1n) is 6.11. The first kappa shape index (κ1) is 14.9. The number of hydrogen-bond donors (Lipinski definition) is 1. The normalized spacial score (nSPS) is 10.9. The van der Waals surface area contributed by atoms with Gasteiger partial charge in [0.05, 0.1) is 4.90 Å². The third-order valence-corrected chi connectivity index (χ3v) is 4.20. The molecule has 2 aromatic rings. The Labute approximate surface area is 122 Å². The standard InChI is InChI=1S/C15H13NO4S/c1-11(18)13-5-3-7-15(9-13)21(19,20)16-14-6-2-4-12(8-14)10-17/h2-10,16H,1H3. The van der Waals surface area contributed by atoms with E-state index in [1.807, 2.05) is 0 Å². The van der Waals surface area contributed by atoms with Crippen LogP contribution in [0.25, 0.3) is 0 Å². The lowest BCUT2D eigenvalue weighted by Gasteiger charge is -2.09. The molecule has 2 aromatic carbocycles. The molecule has 0 aliphatic carbocycles. The van der Waals surface area contributed by atoms with Crippen molar-refractivity contribution >= 4 is 27.8 Å². The third kappa shape index (κ3) is 3.55. The zero-order chi connectivity index (χ0) is 15.5. The molecule has 0 aromatic heterocycles. The molecule has 6 heteroatoms. The highest BCUT2D eigenvalue weighted by molar-refractivity contribution is 7.92. The van der Waals surface area contributed by atoms with E-state index in [-0.39, 0.29) is 16.4 Å². The number of benzene rings is 2. The maximum atomic E-state index is 12.3. The van der Waals surface area contributed by atoms with Crippen LogP contribution >= 0.6 is 0 Å². The van der Waals surface area contributed by atoms with Gasteiger partial charge in [-0.25, -0.2) is 8.42 Å². The molecule has 0 amide bonds. The molecule has 0 spiro atoms. The number of carbonyl (C=O) groups is 2. The van der Waals surface area contributed by atoms with E-state index in [0.29, 0.717) is 17.4 Å². The third-order valence-electron chi connectivity index (χ3n) is 2.83. The van der Waals surface area contributed by atoms with Gasteiger partial charge in [0.2, 0.25) is 0 Å². The Hall–Kier alpha value is -2.47. The predicted molar refractivity (Wildman–Crippen MR) is 79.1 cm³/mol. The van der Waals surface area contributed by atoms with Gasteiger partial charge in [-0.2, -0.15) is 0 Å².